The number of amides is 1. The molecule has 0 saturated carbocycles. The Labute approximate surface area is 133 Å². The van der Waals surface area contributed by atoms with Crippen molar-refractivity contribution in [3.8, 4) is 0 Å². The predicted molar refractivity (Wildman–Crippen MR) is 86.3 cm³/mol. The van der Waals surface area contributed by atoms with Crippen molar-refractivity contribution >= 4 is 34.9 Å². The van der Waals surface area contributed by atoms with Crippen LogP contribution in [0, 0.1) is 0 Å². The molecule has 0 saturated heterocycles. The average molecular weight is 330 g/mol. The van der Waals surface area contributed by atoms with Crippen molar-refractivity contribution in [3.63, 3.8) is 0 Å². The molecule has 0 fully saturated rings. The van der Waals surface area contributed by atoms with Crippen molar-refractivity contribution in [1.82, 2.24) is 10.2 Å². The van der Waals surface area contributed by atoms with Gasteiger partial charge in [0.1, 0.15) is 11.4 Å². The van der Waals surface area contributed by atoms with Crippen LogP contribution in [0.5, 0.6) is 0 Å². The van der Waals surface area contributed by atoms with E-state index in [1.807, 2.05) is 32.9 Å². The van der Waals surface area contributed by atoms with E-state index in [4.69, 9.17) is 16.3 Å². The normalized spacial score (nSPS) is 15.6. The van der Waals surface area contributed by atoms with Gasteiger partial charge in [0.2, 0.25) is 0 Å². The second kappa shape index (κ2) is 6.66. The summed E-state index contributed by atoms with van der Waals surface area (Å²) in [6.45, 7) is 7.89. The van der Waals surface area contributed by atoms with Gasteiger partial charge in [0, 0.05) is 11.4 Å². The van der Waals surface area contributed by atoms with Gasteiger partial charge >= 0.3 is 6.09 Å². The van der Waals surface area contributed by atoms with Crippen LogP contribution in [0.2, 0.25) is 4.34 Å². The monoisotopic (exact) mass is 329 g/mol. The zero-order chi connectivity index (χ0) is 15.5. The highest BCUT2D eigenvalue weighted by Crippen LogP contribution is 2.21. The van der Waals surface area contributed by atoms with Crippen molar-refractivity contribution < 1.29 is 9.53 Å². The summed E-state index contributed by atoms with van der Waals surface area (Å²) >= 11 is 7.43. The van der Waals surface area contributed by atoms with Gasteiger partial charge in [-0.2, -0.15) is 0 Å². The fourth-order valence-electron chi connectivity index (χ4n) is 1.85. The first kappa shape index (κ1) is 16.1. The molecule has 21 heavy (non-hydrogen) atoms. The number of amidine groups is 1. The average Bonchev–Trinajstić information content (AvgIpc) is 2.81. The van der Waals surface area contributed by atoms with Crippen LogP contribution in [0.15, 0.2) is 17.1 Å². The van der Waals surface area contributed by atoms with Gasteiger partial charge in [-0.25, -0.2) is 4.79 Å². The summed E-state index contributed by atoms with van der Waals surface area (Å²) in [7, 11) is 0. The Morgan fingerprint density at radius 3 is 2.90 bits per heavy atom. The van der Waals surface area contributed by atoms with Crippen LogP contribution in [0.25, 0.3) is 0 Å². The van der Waals surface area contributed by atoms with E-state index in [1.165, 1.54) is 11.3 Å². The number of nitrogens with zero attached hydrogens (tertiary/aromatic N) is 2. The lowest BCUT2D eigenvalue weighted by Gasteiger charge is -2.29. The first-order valence-electron chi connectivity index (χ1n) is 6.83. The summed E-state index contributed by atoms with van der Waals surface area (Å²) < 4.78 is 6.15. The first-order valence-corrected chi connectivity index (χ1v) is 8.02. The summed E-state index contributed by atoms with van der Waals surface area (Å²) in [4.78, 5) is 19.3. The van der Waals surface area contributed by atoms with E-state index in [0.717, 1.165) is 15.0 Å². The third-order valence-electron chi connectivity index (χ3n) is 2.76. The molecule has 2 heterocycles. The Balaban J connectivity index is 1.85. The molecule has 7 heteroatoms. The lowest BCUT2D eigenvalue weighted by atomic mass is 10.2. The first-order chi connectivity index (χ1) is 9.83. The molecule has 0 atom stereocenters. The number of ether oxygens (including phenoxy) is 1. The van der Waals surface area contributed by atoms with Crippen molar-refractivity contribution in [2.45, 2.75) is 32.9 Å². The molecule has 5 nitrogen and oxygen atoms in total. The SMILES string of the molecule is CC(C)(C)OC(=O)N1CCN=C(NCc2ccc(Cl)s2)C1. The Hall–Kier alpha value is -1.27. The number of thiophene rings is 1. The van der Waals surface area contributed by atoms with E-state index >= 15 is 0 Å². The topological polar surface area (TPSA) is 53.9 Å². The molecule has 1 aromatic rings. The zero-order valence-electron chi connectivity index (χ0n) is 12.5. The lowest BCUT2D eigenvalue weighted by molar-refractivity contribution is 0.0276. The largest absolute Gasteiger partial charge is 0.444 e. The van der Waals surface area contributed by atoms with E-state index in [0.29, 0.717) is 26.2 Å². The van der Waals surface area contributed by atoms with Crippen LogP contribution < -0.4 is 5.32 Å². The molecule has 1 amide bonds. The standard InChI is InChI=1S/C14H20ClN3O2S/c1-14(2,3)20-13(19)18-7-6-16-12(9-18)17-8-10-4-5-11(15)21-10/h4-5H,6-9H2,1-3H3,(H,16,17). The fourth-order valence-corrected chi connectivity index (χ4v) is 2.87. The summed E-state index contributed by atoms with van der Waals surface area (Å²) in [6, 6.07) is 3.86. The molecule has 1 aromatic heterocycles. The zero-order valence-corrected chi connectivity index (χ0v) is 14.1. The van der Waals surface area contributed by atoms with E-state index < -0.39 is 5.60 Å². The Bertz CT molecular complexity index is 537. The highest BCUT2D eigenvalue weighted by atomic mass is 35.5. The van der Waals surface area contributed by atoms with Gasteiger partial charge in [-0.3, -0.25) is 9.89 Å². The van der Waals surface area contributed by atoms with E-state index in [9.17, 15) is 4.79 Å². The maximum absolute atomic E-state index is 12.0. The molecule has 1 aliphatic heterocycles. The van der Waals surface area contributed by atoms with Crippen molar-refractivity contribution in [1.29, 1.82) is 0 Å². The number of carbonyl (C=O) groups excluding carboxylic acids is 1. The van der Waals surface area contributed by atoms with Crippen LogP contribution >= 0.6 is 22.9 Å². The molecule has 0 bridgehead atoms. The van der Waals surface area contributed by atoms with Crippen LogP contribution in [0.4, 0.5) is 4.79 Å². The van der Waals surface area contributed by atoms with Crippen molar-refractivity contribution in [2.75, 3.05) is 19.6 Å². The summed E-state index contributed by atoms with van der Waals surface area (Å²) in [5, 5.41) is 3.25. The molecular formula is C14H20ClN3O2S. The number of carbonyl (C=O) groups is 1. The van der Waals surface area contributed by atoms with Gasteiger partial charge in [0.05, 0.1) is 24.0 Å². The molecule has 0 aliphatic carbocycles. The second-order valence-corrected chi connectivity index (χ2v) is 7.59. The fraction of sp³-hybridized carbons (Fsp3) is 0.571. The second-order valence-electron chi connectivity index (χ2n) is 5.79. The molecule has 116 valence electrons. The smallest absolute Gasteiger partial charge is 0.410 e. The quantitative estimate of drug-likeness (QED) is 0.907. The van der Waals surface area contributed by atoms with E-state index in [2.05, 4.69) is 10.3 Å². The number of rotatable bonds is 2. The van der Waals surface area contributed by atoms with Crippen LogP contribution in [-0.4, -0.2) is 42.1 Å². The molecule has 2 rings (SSSR count). The van der Waals surface area contributed by atoms with Crippen molar-refractivity contribution in [2.24, 2.45) is 4.99 Å². The number of hydrogen-bond donors (Lipinski definition) is 1. The van der Waals surface area contributed by atoms with Crippen molar-refractivity contribution in [3.05, 3.63) is 21.3 Å². The molecule has 1 N–H and O–H groups in total. The number of nitrogens with one attached hydrogen (secondary N) is 1. The summed E-state index contributed by atoms with van der Waals surface area (Å²) in [6.07, 6.45) is -0.295. The molecule has 0 radical (unpaired) electrons. The minimum atomic E-state index is -0.479. The van der Waals surface area contributed by atoms with Gasteiger partial charge in [0.25, 0.3) is 0 Å². The van der Waals surface area contributed by atoms with Gasteiger partial charge in [-0.1, -0.05) is 11.6 Å². The Morgan fingerprint density at radius 2 is 2.29 bits per heavy atom. The maximum atomic E-state index is 12.0. The summed E-state index contributed by atoms with van der Waals surface area (Å²) in [5.41, 5.74) is -0.479. The predicted octanol–water partition coefficient (Wildman–Crippen LogP) is 3.14. The number of aliphatic imine (C=N–C) groups is 1. The lowest BCUT2D eigenvalue weighted by Crippen LogP contribution is -2.47. The molecule has 0 aromatic carbocycles. The third kappa shape index (κ3) is 5.21. The van der Waals surface area contributed by atoms with Gasteiger partial charge in [0.15, 0.2) is 0 Å². The Kier molecular flexibility index (Phi) is 5.11. The molecule has 1 aliphatic rings. The Morgan fingerprint density at radius 1 is 1.52 bits per heavy atom. The van der Waals surface area contributed by atoms with Gasteiger partial charge in [-0.05, 0) is 32.9 Å². The van der Waals surface area contributed by atoms with E-state index in [-0.39, 0.29) is 6.09 Å². The molecule has 0 unspecified atom stereocenters. The highest BCUT2D eigenvalue weighted by molar-refractivity contribution is 7.16. The maximum Gasteiger partial charge on any atom is 0.410 e. The third-order valence-corrected chi connectivity index (χ3v) is 3.99. The number of halogens is 1. The molecular weight excluding hydrogens is 310 g/mol. The van der Waals surface area contributed by atoms with Crippen LogP contribution in [-0.2, 0) is 11.3 Å². The summed E-state index contributed by atoms with van der Waals surface area (Å²) in [5.74, 6) is 0.802. The highest BCUT2D eigenvalue weighted by Gasteiger charge is 2.24. The molecule has 0 spiro atoms. The van der Waals surface area contributed by atoms with Gasteiger partial charge < -0.3 is 10.1 Å². The minimum absolute atomic E-state index is 0.295. The minimum Gasteiger partial charge on any atom is -0.444 e. The van der Waals surface area contributed by atoms with Crippen LogP contribution in [0.1, 0.15) is 25.6 Å². The van der Waals surface area contributed by atoms with Gasteiger partial charge in [-0.15, -0.1) is 11.3 Å². The van der Waals surface area contributed by atoms with Crippen LogP contribution in [0.3, 0.4) is 0 Å². The van der Waals surface area contributed by atoms with E-state index in [1.54, 1.807) is 4.90 Å². The number of hydrogen-bond acceptors (Lipinski definition) is 5.